The summed E-state index contributed by atoms with van der Waals surface area (Å²) in [4.78, 5) is 33.7. The van der Waals surface area contributed by atoms with Gasteiger partial charge in [0.15, 0.2) is 5.58 Å². The van der Waals surface area contributed by atoms with E-state index in [1.54, 1.807) is 19.2 Å². The van der Waals surface area contributed by atoms with Crippen molar-refractivity contribution in [2.45, 2.75) is 0 Å². The minimum atomic E-state index is -0.740. The van der Waals surface area contributed by atoms with Crippen molar-refractivity contribution in [2.24, 2.45) is 7.05 Å². The number of fused-ring (bicyclic) bond motifs is 1. The Balaban J connectivity index is 1.80. The van der Waals surface area contributed by atoms with Gasteiger partial charge in [-0.2, -0.15) is 0 Å². The summed E-state index contributed by atoms with van der Waals surface area (Å²) < 4.78 is 19.5. The van der Waals surface area contributed by atoms with E-state index in [2.05, 4.69) is 5.32 Å². The molecule has 8 nitrogen and oxygen atoms in total. The Morgan fingerprint density at radius 1 is 1.31 bits per heavy atom. The molecule has 1 N–H and O–H groups in total. The topological polar surface area (TPSA) is 107 Å². The van der Waals surface area contributed by atoms with Crippen molar-refractivity contribution in [1.82, 2.24) is 4.57 Å². The van der Waals surface area contributed by atoms with Gasteiger partial charge in [0.1, 0.15) is 5.82 Å². The molecule has 0 fully saturated rings. The molecule has 132 valence electrons. The number of benzene rings is 2. The maximum atomic E-state index is 13.1. The number of amides is 1. The molecule has 1 amide bonds. The lowest BCUT2D eigenvalue weighted by Gasteiger charge is -2.02. The van der Waals surface area contributed by atoms with Crippen molar-refractivity contribution in [3.05, 3.63) is 74.5 Å². The first-order valence-corrected chi connectivity index (χ1v) is 7.38. The highest BCUT2D eigenvalue weighted by Crippen LogP contribution is 2.21. The Labute approximate surface area is 145 Å². The van der Waals surface area contributed by atoms with E-state index in [-0.39, 0.29) is 5.56 Å². The van der Waals surface area contributed by atoms with Crippen molar-refractivity contribution in [1.29, 1.82) is 0 Å². The molecule has 2 aromatic carbocycles. The highest BCUT2D eigenvalue weighted by atomic mass is 19.1. The minimum absolute atomic E-state index is 0.0936. The number of nitrogens with one attached hydrogen (secondary N) is 1. The van der Waals surface area contributed by atoms with Crippen LogP contribution in [0.3, 0.4) is 0 Å². The van der Waals surface area contributed by atoms with Crippen LogP contribution >= 0.6 is 0 Å². The average molecular weight is 357 g/mol. The number of nitrogens with zero attached hydrogens (tertiary/aromatic N) is 2. The second kappa shape index (κ2) is 6.63. The molecule has 3 rings (SSSR count). The summed E-state index contributed by atoms with van der Waals surface area (Å²) in [6.07, 6.45) is 2.31. The van der Waals surface area contributed by atoms with E-state index in [4.69, 9.17) is 4.42 Å². The van der Waals surface area contributed by atoms with E-state index in [1.165, 1.54) is 22.8 Å². The first-order valence-electron chi connectivity index (χ1n) is 7.38. The Hall–Kier alpha value is -3.75. The van der Waals surface area contributed by atoms with E-state index < -0.39 is 28.1 Å². The van der Waals surface area contributed by atoms with Crippen LogP contribution in [0.2, 0.25) is 0 Å². The van der Waals surface area contributed by atoms with Crippen molar-refractivity contribution in [2.75, 3.05) is 5.32 Å². The highest BCUT2D eigenvalue weighted by Gasteiger charge is 2.13. The highest BCUT2D eigenvalue weighted by molar-refractivity contribution is 6.02. The zero-order chi connectivity index (χ0) is 18.8. The average Bonchev–Trinajstić information content (AvgIpc) is 2.87. The van der Waals surface area contributed by atoms with E-state index in [0.29, 0.717) is 16.8 Å². The van der Waals surface area contributed by atoms with Crippen LogP contribution in [0.4, 0.5) is 15.8 Å². The Kier molecular flexibility index (Phi) is 4.36. The van der Waals surface area contributed by atoms with Crippen LogP contribution in [0.1, 0.15) is 5.56 Å². The second-order valence-electron chi connectivity index (χ2n) is 5.39. The van der Waals surface area contributed by atoms with Gasteiger partial charge in [0.2, 0.25) is 5.91 Å². The van der Waals surface area contributed by atoms with Gasteiger partial charge in [0, 0.05) is 24.9 Å². The fourth-order valence-corrected chi connectivity index (χ4v) is 2.38. The maximum absolute atomic E-state index is 13.1. The summed E-state index contributed by atoms with van der Waals surface area (Å²) in [6.45, 7) is 0. The number of hydrogen-bond acceptors (Lipinski definition) is 5. The van der Waals surface area contributed by atoms with Crippen molar-refractivity contribution in [3.8, 4) is 0 Å². The second-order valence-corrected chi connectivity index (χ2v) is 5.39. The quantitative estimate of drug-likeness (QED) is 0.439. The first-order chi connectivity index (χ1) is 12.3. The SMILES string of the molecule is Cn1c(=O)oc2cc(NC(=O)C=Cc3ccc(F)cc3[N+](=O)[O-])ccc21. The summed E-state index contributed by atoms with van der Waals surface area (Å²) in [6, 6.07) is 7.75. The molecule has 0 aliphatic carbocycles. The fourth-order valence-electron chi connectivity index (χ4n) is 2.38. The van der Waals surface area contributed by atoms with Crippen LogP contribution < -0.4 is 11.1 Å². The number of nitro benzene ring substituents is 1. The maximum Gasteiger partial charge on any atom is 0.419 e. The number of carbonyl (C=O) groups is 1. The van der Waals surface area contributed by atoms with Gasteiger partial charge in [0.25, 0.3) is 5.69 Å². The number of rotatable bonds is 4. The lowest BCUT2D eigenvalue weighted by atomic mass is 10.1. The third-order valence-corrected chi connectivity index (χ3v) is 3.66. The molecule has 9 heteroatoms. The number of nitro groups is 1. The molecule has 0 atom stereocenters. The largest absolute Gasteiger partial charge is 0.419 e. The van der Waals surface area contributed by atoms with E-state index in [9.17, 15) is 24.1 Å². The molecule has 0 saturated carbocycles. The van der Waals surface area contributed by atoms with Gasteiger partial charge in [-0.15, -0.1) is 0 Å². The van der Waals surface area contributed by atoms with Gasteiger partial charge in [-0.3, -0.25) is 19.5 Å². The van der Waals surface area contributed by atoms with Gasteiger partial charge >= 0.3 is 5.76 Å². The van der Waals surface area contributed by atoms with Gasteiger partial charge in [-0.1, -0.05) is 0 Å². The Morgan fingerprint density at radius 3 is 2.81 bits per heavy atom. The Bertz CT molecular complexity index is 1110. The van der Waals surface area contributed by atoms with Crippen molar-refractivity contribution >= 4 is 34.5 Å². The number of anilines is 1. The van der Waals surface area contributed by atoms with Crippen molar-refractivity contribution < 1.29 is 18.5 Å². The van der Waals surface area contributed by atoms with Gasteiger partial charge < -0.3 is 9.73 Å². The molecule has 0 saturated heterocycles. The number of carbonyl (C=O) groups excluding carboxylic acids is 1. The third-order valence-electron chi connectivity index (χ3n) is 3.66. The molecular weight excluding hydrogens is 345 g/mol. The number of aryl methyl sites for hydroxylation is 1. The zero-order valence-electron chi connectivity index (χ0n) is 13.4. The lowest BCUT2D eigenvalue weighted by Crippen LogP contribution is -2.08. The summed E-state index contributed by atoms with van der Waals surface area (Å²) >= 11 is 0. The number of hydrogen-bond donors (Lipinski definition) is 1. The van der Waals surface area contributed by atoms with Crippen LogP contribution in [-0.4, -0.2) is 15.4 Å². The Morgan fingerprint density at radius 2 is 2.08 bits per heavy atom. The van der Waals surface area contributed by atoms with Gasteiger partial charge in [0.05, 0.1) is 22.1 Å². The van der Waals surface area contributed by atoms with Crippen LogP contribution in [0, 0.1) is 15.9 Å². The van der Waals surface area contributed by atoms with E-state index in [0.717, 1.165) is 18.2 Å². The standard InChI is InChI=1S/C17H12FN3O5/c1-20-13-6-5-12(9-15(13)26-17(20)23)19-16(22)7-3-10-2-4-11(18)8-14(10)21(24)25/h2-9H,1H3,(H,19,22). The first kappa shape index (κ1) is 17.1. The van der Waals surface area contributed by atoms with Crippen LogP contribution in [0.15, 0.2) is 51.7 Å². The number of oxazole rings is 1. The monoisotopic (exact) mass is 357 g/mol. The molecule has 0 aliphatic rings. The summed E-state index contributed by atoms with van der Waals surface area (Å²) in [5, 5.41) is 13.5. The minimum Gasteiger partial charge on any atom is -0.408 e. The van der Waals surface area contributed by atoms with Gasteiger partial charge in [-0.05, 0) is 30.3 Å². The molecule has 1 heterocycles. The fraction of sp³-hybridized carbons (Fsp3) is 0.0588. The molecule has 0 bridgehead atoms. The third kappa shape index (κ3) is 3.36. The van der Waals surface area contributed by atoms with Crippen molar-refractivity contribution in [3.63, 3.8) is 0 Å². The van der Waals surface area contributed by atoms with Gasteiger partial charge in [-0.25, -0.2) is 9.18 Å². The normalized spacial score (nSPS) is 11.2. The zero-order valence-corrected chi connectivity index (χ0v) is 13.4. The smallest absolute Gasteiger partial charge is 0.408 e. The van der Waals surface area contributed by atoms with Crippen LogP contribution in [0.25, 0.3) is 17.2 Å². The molecule has 0 radical (unpaired) electrons. The molecular formula is C17H12FN3O5. The predicted molar refractivity (Wildman–Crippen MR) is 92.2 cm³/mol. The summed E-state index contributed by atoms with van der Waals surface area (Å²) in [5.74, 6) is -1.82. The molecule has 0 aliphatic heterocycles. The number of halogens is 1. The molecule has 3 aromatic rings. The molecule has 26 heavy (non-hydrogen) atoms. The van der Waals surface area contributed by atoms with Crippen LogP contribution in [0.5, 0.6) is 0 Å². The predicted octanol–water partition coefficient (Wildman–Crippen LogP) is 2.83. The lowest BCUT2D eigenvalue weighted by molar-refractivity contribution is -0.385. The van der Waals surface area contributed by atoms with E-state index in [1.807, 2.05) is 0 Å². The molecule has 1 aromatic heterocycles. The summed E-state index contributed by atoms with van der Waals surface area (Å²) in [5.41, 5.74) is 0.923. The van der Waals surface area contributed by atoms with Crippen LogP contribution in [-0.2, 0) is 11.8 Å². The number of aromatic nitrogens is 1. The molecule has 0 spiro atoms. The van der Waals surface area contributed by atoms with E-state index >= 15 is 0 Å². The molecule has 0 unspecified atom stereocenters. The summed E-state index contributed by atoms with van der Waals surface area (Å²) in [7, 11) is 1.56.